The average molecular weight is 375 g/mol. The maximum atomic E-state index is 12.7. The van der Waals surface area contributed by atoms with E-state index >= 15 is 0 Å². The van der Waals surface area contributed by atoms with Gasteiger partial charge in [-0.25, -0.2) is 4.79 Å². The molecule has 1 saturated heterocycles. The van der Waals surface area contributed by atoms with E-state index in [1.54, 1.807) is 37.3 Å². The number of carbonyl (C=O) groups is 3. The first-order valence-electron chi connectivity index (χ1n) is 8.66. The molecule has 1 atom stereocenters. The minimum Gasteiger partial charge on any atom is -0.459 e. The van der Waals surface area contributed by atoms with Crippen molar-refractivity contribution in [2.75, 3.05) is 5.32 Å². The fraction of sp³-hybridized carbons (Fsp3) is 0.0952. The van der Waals surface area contributed by atoms with E-state index in [-0.39, 0.29) is 5.76 Å². The highest BCUT2D eigenvalue weighted by Gasteiger charge is 2.43. The van der Waals surface area contributed by atoms with Crippen molar-refractivity contribution in [3.63, 3.8) is 0 Å². The Morgan fingerprint density at radius 3 is 2.54 bits per heavy atom. The molecular formula is C21H17N3O4. The number of benzene rings is 2. The van der Waals surface area contributed by atoms with Crippen LogP contribution in [0, 0.1) is 0 Å². The van der Waals surface area contributed by atoms with Gasteiger partial charge in [0.25, 0.3) is 11.8 Å². The Morgan fingerprint density at radius 2 is 1.82 bits per heavy atom. The molecule has 7 heteroatoms. The molecule has 1 aliphatic heterocycles. The lowest BCUT2D eigenvalue weighted by atomic mass is 9.92. The Kier molecular flexibility index (Phi) is 4.19. The number of hydrogen-bond donors (Lipinski definition) is 3. The van der Waals surface area contributed by atoms with Gasteiger partial charge in [0.15, 0.2) is 5.76 Å². The lowest BCUT2D eigenvalue weighted by Crippen LogP contribution is -2.40. The molecule has 0 bridgehead atoms. The average Bonchev–Trinajstić information content (AvgIpc) is 3.28. The smallest absolute Gasteiger partial charge is 0.322 e. The summed E-state index contributed by atoms with van der Waals surface area (Å²) < 4.78 is 5.40. The molecule has 7 nitrogen and oxygen atoms in total. The first kappa shape index (κ1) is 17.5. The summed E-state index contributed by atoms with van der Waals surface area (Å²) >= 11 is 0. The molecule has 2 aromatic carbocycles. The van der Waals surface area contributed by atoms with Crippen LogP contribution in [0.2, 0.25) is 0 Å². The number of rotatable bonds is 4. The molecule has 1 fully saturated rings. The predicted molar refractivity (Wildman–Crippen MR) is 103 cm³/mol. The van der Waals surface area contributed by atoms with Crippen molar-refractivity contribution in [2.24, 2.45) is 0 Å². The number of anilines is 1. The maximum Gasteiger partial charge on any atom is 0.322 e. The molecule has 1 unspecified atom stereocenters. The van der Waals surface area contributed by atoms with Crippen molar-refractivity contribution in [2.45, 2.75) is 12.5 Å². The molecule has 1 aromatic heterocycles. The largest absolute Gasteiger partial charge is 0.459 e. The van der Waals surface area contributed by atoms with Gasteiger partial charge in [0.1, 0.15) is 5.54 Å². The monoisotopic (exact) mass is 375 g/mol. The van der Waals surface area contributed by atoms with Crippen LogP contribution in [0.1, 0.15) is 23.0 Å². The summed E-state index contributed by atoms with van der Waals surface area (Å²) in [6.45, 7) is 1.61. The number of furan rings is 1. The van der Waals surface area contributed by atoms with Crippen LogP contribution in [0.15, 0.2) is 71.3 Å². The second-order valence-electron chi connectivity index (χ2n) is 6.60. The van der Waals surface area contributed by atoms with Crippen LogP contribution < -0.4 is 16.0 Å². The zero-order valence-corrected chi connectivity index (χ0v) is 15.0. The zero-order chi connectivity index (χ0) is 19.7. The van der Waals surface area contributed by atoms with Crippen LogP contribution in [0.25, 0.3) is 11.1 Å². The van der Waals surface area contributed by atoms with Gasteiger partial charge in [-0.1, -0.05) is 42.5 Å². The van der Waals surface area contributed by atoms with E-state index in [0.717, 1.165) is 5.56 Å². The molecule has 0 radical (unpaired) electrons. The highest BCUT2D eigenvalue weighted by atomic mass is 16.3. The first-order valence-corrected chi connectivity index (χ1v) is 8.66. The molecule has 28 heavy (non-hydrogen) atoms. The van der Waals surface area contributed by atoms with E-state index in [9.17, 15) is 14.4 Å². The van der Waals surface area contributed by atoms with E-state index in [1.807, 2.05) is 30.3 Å². The Balaban J connectivity index is 1.60. The number of nitrogens with one attached hydrogen (secondary N) is 3. The highest BCUT2D eigenvalue weighted by molar-refractivity contribution is 6.08. The molecule has 0 spiro atoms. The molecule has 2 heterocycles. The summed E-state index contributed by atoms with van der Waals surface area (Å²) in [5, 5.41) is 7.61. The number of hydrogen-bond acceptors (Lipinski definition) is 4. The number of imide groups is 1. The quantitative estimate of drug-likeness (QED) is 0.609. The van der Waals surface area contributed by atoms with Gasteiger partial charge in [0.2, 0.25) is 0 Å². The van der Waals surface area contributed by atoms with Crippen molar-refractivity contribution in [1.82, 2.24) is 10.6 Å². The third-order valence-electron chi connectivity index (χ3n) is 4.70. The molecule has 140 valence electrons. The lowest BCUT2D eigenvalue weighted by molar-refractivity contribution is -0.123. The summed E-state index contributed by atoms with van der Waals surface area (Å²) in [5.41, 5.74) is 1.39. The molecule has 1 aliphatic rings. The van der Waals surface area contributed by atoms with Crippen molar-refractivity contribution in [3.8, 4) is 11.1 Å². The Hall–Kier alpha value is -3.87. The van der Waals surface area contributed by atoms with Gasteiger partial charge >= 0.3 is 6.03 Å². The van der Waals surface area contributed by atoms with Crippen LogP contribution >= 0.6 is 0 Å². The SMILES string of the molecule is CC1(c2cccc(NC(=O)c3occc3-c3ccccc3)c2)NC(=O)NC1=O. The fourth-order valence-corrected chi connectivity index (χ4v) is 3.17. The standard InChI is InChI=1S/C21H17N3O4/c1-21(19(26)23-20(27)24-21)14-8-5-9-15(12-14)22-18(25)17-16(10-11-28-17)13-6-3-2-4-7-13/h2-12H,1H3,(H,22,25)(H2,23,24,26,27). The van der Waals surface area contributed by atoms with Crippen LogP contribution in [-0.2, 0) is 10.3 Å². The van der Waals surface area contributed by atoms with Crippen molar-refractivity contribution < 1.29 is 18.8 Å². The Labute approximate surface area is 160 Å². The van der Waals surface area contributed by atoms with E-state index in [1.165, 1.54) is 6.26 Å². The Bertz CT molecular complexity index is 1070. The summed E-state index contributed by atoms with van der Waals surface area (Å²) in [7, 11) is 0. The summed E-state index contributed by atoms with van der Waals surface area (Å²) in [6.07, 6.45) is 1.47. The second kappa shape index (κ2) is 6.70. The molecular weight excluding hydrogens is 358 g/mol. The van der Waals surface area contributed by atoms with Crippen LogP contribution in [0.4, 0.5) is 10.5 Å². The van der Waals surface area contributed by atoms with Crippen molar-refractivity contribution in [3.05, 3.63) is 78.3 Å². The number of urea groups is 1. The van der Waals surface area contributed by atoms with E-state index in [4.69, 9.17) is 4.42 Å². The van der Waals surface area contributed by atoms with Crippen LogP contribution in [0.5, 0.6) is 0 Å². The van der Waals surface area contributed by atoms with Gasteiger partial charge in [-0.15, -0.1) is 0 Å². The first-order chi connectivity index (χ1) is 13.5. The van der Waals surface area contributed by atoms with Gasteiger partial charge in [0.05, 0.1) is 6.26 Å². The Morgan fingerprint density at radius 1 is 1.04 bits per heavy atom. The van der Waals surface area contributed by atoms with Gasteiger partial charge in [-0.2, -0.15) is 0 Å². The second-order valence-corrected chi connectivity index (χ2v) is 6.60. The minimum atomic E-state index is -1.20. The van der Waals surface area contributed by atoms with Crippen LogP contribution in [0.3, 0.4) is 0 Å². The van der Waals surface area contributed by atoms with E-state index < -0.39 is 23.4 Å². The van der Waals surface area contributed by atoms with Crippen LogP contribution in [-0.4, -0.2) is 17.8 Å². The summed E-state index contributed by atoms with van der Waals surface area (Å²) in [6, 6.07) is 17.4. The highest BCUT2D eigenvalue weighted by Crippen LogP contribution is 2.28. The van der Waals surface area contributed by atoms with Gasteiger partial charge in [-0.05, 0) is 36.2 Å². The van der Waals surface area contributed by atoms with Crippen molar-refractivity contribution in [1.29, 1.82) is 0 Å². The fourth-order valence-electron chi connectivity index (χ4n) is 3.17. The normalized spacial score (nSPS) is 18.5. The van der Waals surface area contributed by atoms with E-state index in [2.05, 4.69) is 16.0 Å². The van der Waals surface area contributed by atoms with Gasteiger partial charge in [0, 0.05) is 11.3 Å². The summed E-state index contributed by atoms with van der Waals surface area (Å²) in [5.74, 6) is -0.667. The molecule has 3 N–H and O–H groups in total. The topological polar surface area (TPSA) is 100 Å². The number of amides is 4. The third-order valence-corrected chi connectivity index (χ3v) is 4.70. The number of carbonyl (C=O) groups excluding carboxylic acids is 3. The molecule has 3 aromatic rings. The lowest BCUT2D eigenvalue weighted by Gasteiger charge is -2.21. The predicted octanol–water partition coefficient (Wildman–Crippen LogP) is 3.25. The molecule has 0 aliphatic carbocycles. The maximum absolute atomic E-state index is 12.7. The third kappa shape index (κ3) is 3.03. The minimum absolute atomic E-state index is 0.190. The van der Waals surface area contributed by atoms with Gasteiger partial charge < -0.3 is 15.1 Å². The molecule has 4 amide bonds. The molecule has 4 rings (SSSR count). The zero-order valence-electron chi connectivity index (χ0n) is 15.0. The van der Waals surface area contributed by atoms with Gasteiger partial charge in [-0.3, -0.25) is 14.9 Å². The van der Waals surface area contributed by atoms with E-state index in [0.29, 0.717) is 16.8 Å². The molecule has 0 saturated carbocycles. The summed E-state index contributed by atoms with van der Waals surface area (Å²) in [4.78, 5) is 36.4. The van der Waals surface area contributed by atoms with Crippen molar-refractivity contribution >= 4 is 23.5 Å².